The first kappa shape index (κ1) is 27.4. The monoisotopic (exact) mass is 617 g/mol. The molecule has 4 heteroatoms. The molecule has 0 spiro atoms. The second-order valence-corrected chi connectivity index (χ2v) is 13.1. The van der Waals surface area contributed by atoms with E-state index < -0.39 is 0 Å². The van der Waals surface area contributed by atoms with Crippen LogP contribution in [-0.4, -0.2) is 6.71 Å². The number of anilines is 3. The lowest BCUT2D eigenvalue weighted by atomic mass is 9.35. The van der Waals surface area contributed by atoms with Crippen molar-refractivity contribution in [1.29, 1.82) is 0 Å². The van der Waals surface area contributed by atoms with E-state index in [2.05, 4.69) is 150 Å². The minimum atomic E-state index is 0.0364. The third kappa shape index (κ3) is 4.22. The first-order valence-electron chi connectivity index (χ1n) is 17.0. The molecule has 0 aromatic heterocycles. The molecule has 0 N–H and O–H groups in total. The Morgan fingerprint density at radius 2 is 1.19 bits per heavy atom. The molecule has 0 bridgehead atoms. The molecule has 7 aromatic rings. The minimum Gasteiger partial charge on any atom is -0.458 e. The summed E-state index contributed by atoms with van der Waals surface area (Å²) in [7, 11) is 0. The van der Waals surface area contributed by atoms with Crippen LogP contribution in [0.1, 0.15) is 24.0 Å². The third-order valence-corrected chi connectivity index (χ3v) is 10.4. The van der Waals surface area contributed by atoms with Gasteiger partial charge in [-0.2, -0.15) is 0 Å². The van der Waals surface area contributed by atoms with Gasteiger partial charge in [0, 0.05) is 28.5 Å². The topological polar surface area (TPSA) is 21.7 Å². The highest BCUT2D eigenvalue weighted by Gasteiger charge is 2.41. The van der Waals surface area contributed by atoms with Crippen molar-refractivity contribution in [3.05, 3.63) is 157 Å². The second-order valence-electron chi connectivity index (χ2n) is 13.1. The van der Waals surface area contributed by atoms with Crippen molar-refractivity contribution >= 4 is 50.9 Å². The Bertz CT molecular complexity index is 2310. The van der Waals surface area contributed by atoms with E-state index in [1.165, 1.54) is 62.5 Å². The van der Waals surface area contributed by atoms with Crippen LogP contribution < -0.4 is 30.8 Å². The summed E-state index contributed by atoms with van der Waals surface area (Å²) >= 11 is 0. The van der Waals surface area contributed by atoms with Crippen molar-refractivity contribution in [3.63, 3.8) is 0 Å². The fourth-order valence-corrected chi connectivity index (χ4v) is 8.22. The van der Waals surface area contributed by atoms with Crippen molar-refractivity contribution in [2.24, 2.45) is 0 Å². The normalized spacial score (nSPS) is 13.8. The summed E-state index contributed by atoms with van der Waals surface area (Å²) in [6.45, 7) is 0.0364. The van der Waals surface area contributed by atoms with E-state index in [4.69, 9.17) is 9.47 Å². The van der Waals surface area contributed by atoms with E-state index in [0.29, 0.717) is 0 Å². The highest BCUT2D eigenvalue weighted by atomic mass is 16.5. The van der Waals surface area contributed by atoms with E-state index in [9.17, 15) is 0 Å². The van der Waals surface area contributed by atoms with Crippen LogP contribution in [0.25, 0.3) is 21.9 Å². The molecule has 228 valence electrons. The fourth-order valence-electron chi connectivity index (χ4n) is 8.22. The van der Waals surface area contributed by atoms with Gasteiger partial charge in [0.1, 0.15) is 23.0 Å². The molecular formula is C44H32BNO2. The number of hydrogen-bond acceptors (Lipinski definition) is 3. The van der Waals surface area contributed by atoms with Gasteiger partial charge in [-0.3, -0.25) is 0 Å². The molecule has 0 amide bonds. The Labute approximate surface area is 281 Å². The van der Waals surface area contributed by atoms with Crippen LogP contribution in [0.4, 0.5) is 17.1 Å². The molecule has 0 radical (unpaired) electrons. The van der Waals surface area contributed by atoms with Crippen LogP contribution in [-0.2, 0) is 12.8 Å². The average molecular weight is 618 g/mol. The molecular weight excluding hydrogens is 585 g/mol. The molecule has 48 heavy (non-hydrogen) atoms. The summed E-state index contributed by atoms with van der Waals surface area (Å²) in [6, 6.07) is 52.3. The summed E-state index contributed by atoms with van der Waals surface area (Å²) < 4.78 is 13.6. The van der Waals surface area contributed by atoms with Gasteiger partial charge >= 0.3 is 0 Å². The molecule has 0 saturated carbocycles. The van der Waals surface area contributed by atoms with Crippen LogP contribution in [0, 0.1) is 0 Å². The lowest BCUT2D eigenvalue weighted by Crippen LogP contribution is -2.57. The summed E-state index contributed by atoms with van der Waals surface area (Å²) in [5, 5.41) is 2.41. The molecule has 2 heterocycles. The number of rotatable bonds is 4. The molecule has 0 saturated heterocycles. The Hall–Kier alpha value is -5.74. The van der Waals surface area contributed by atoms with Crippen LogP contribution >= 0.6 is 0 Å². The number of para-hydroxylation sites is 2. The zero-order valence-corrected chi connectivity index (χ0v) is 26.5. The Morgan fingerprint density at radius 3 is 1.96 bits per heavy atom. The zero-order valence-electron chi connectivity index (χ0n) is 26.5. The first-order chi connectivity index (χ1) is 23.8. The van der Waals surface area contributed by atoms with E-state index >= 15 is 0 Å². The van der Waals surface area contributed by atoms with Crippen molar-refractivity contribution in [2.45, 2.75) is 25.7 Å². The summed E-state index contributed by atoms with van der Waals surface area (Å²) in [5.74, 6) is 3.48. The Kier molecular flexibility index (Phi) is 6.23. The molecule has 0 fully saturated rings. The lowest BCUT2D eigenvalue weighted by Gasteiger charge is -2.36. The van der Waals surface area contributed by atoms with E-state index in [1.54, 1.807) is 0 Å². The third-order valence-electron chi connectivity index (χ3n) is 10.4. The Balaban J connectivity index is 1.29. The molecule has 10 rings (SSSR count). The fraction of sp³-hybridized carbons (Fsp3) is 0.0909. The van der Waals surface area contributed by atoms with Crippen LogP contribution in [0.5, 0.6) is 23.0 Å². The Morgan fingerprint density at radius 1 is 0.542 bits per heavy atom. The number of ether oxygens (including phenoxy) is 2. The molecule has 3 aliphatic rings. The summed E-state index contributed by atoms with van der Waals surface area (Å²) in [5.41, 5.74) is 12.1. The quantitative estimate of drug-likeness (QED) is 0.184. The lowest BCUT2D eigenvalue weighted by molar-refractivity contribution is 0.465. The van der Waals surface area contributed by atoms with Crippen LogP contribution in [0.15, 0.2) is 146 Å². The maximum Gasteiger partial charge on any atom is 0.260 e. The van der Waals surface area contributed by atoms with E-state index in [0.717, 1.165) is 52.7 Å². The minimum absolute atomic E-state index is 0.0364. The molecule has 0 unspecified atom stereocenters. The summed E-state index contributed by atoms with van der Waals surface area (Å²) in [6.07, 6.45) is 4.53. The highest BCUT2D eigenvalue weighted by Crippen LogP contribution is 2.49. The van der Waals surface area contributed by atoms with E-state index in [-0.39, 0.29) is 6.71 Å². The molecule has 0 atom stereocenters. The number of nitrogens with zero attached hydrogens (tertiary/aromatic N) is 1. The van der Waals surface area contributed by atoms with Gasteiger partial charge in [0.2, 0.25) is 0 Å². The molecule has 7 aromatic carbocycles. The van der Waals surface area contributed by atoms with Gasteiger partial charge in [-0.25, -0.2) is 0 Å². The van der Waals surface area contributed by atoms with Gasteiger partial charge in [-0.05, 0) is 76.9 Å². The maximum absolute atomic E-state index is 6.81. The largest absolute Gasteiger partial charge is 0.458 e. The second kappa shape index (κ2) is 10.9. The standard InChI is InChI=1S/C44H32BNO2/c1-2-13-30(14-3-1)35-26-25-31-16-5-7-19-34(31)44(35)46(38-22-12-17-29-15-4-6-18-33(29)38)32-27-41-43-42(28-32)48-40-24-11-9-21-37(40)45(43)36-20-8-10-23-39(36)47-41/h1-4,6,8-15,17-18,20-28H,5,7,16,19H2. The number of hydrogen-bond donors (Lipinski definition) is 0. The van der Waals surface area contributed by atoms with Crippen LogP contribution in [0.3, 0.4) is 0 Å². The van der Waals surface area contributed by atoms with Gasteiger partial charge < -0.3 is 14.4 Å². The molecule has 2 aliphatic heterocycles. The van der Waals surface area contributed by atoms with Gasteiger partial charge in [-0.15, -0.1) is 0 Å². The SMILES string of the molecule is c1ccc(-c2ccc3c(c2N(c2cc4c5c(c2)Oc2ccccc2B5c2ccccc2O4)c2cccc4ccccc24)CCCC3)cc1. The van der Waals surface area contributed by atoms with Crippen molar-refractivity contribution < 1.29 is 9.47 Å². The predicted molar refractivity (Wildman–Crippen MR) is 198 cm³/mol. The zero-order chi connectivity index (χ0) is 31.6. The maximum atomic E-state index is 6.81. The van der Waals surface area contributed by atoms with E-state index in [1.807, 2.05) is 0 Å². The number of benzene rings is 7. The van der Waals surface area contributed by atoms with Crippen LogP contribution in [0.2, 0.25) is 0 Å². The van der Waals surface area contributed by atoms with Gasteiger partial charge in [0.15, 0.2) is 0 Å². The van der Waals surface area contributed by atoms with Gasteiger partial charge in [0.25, 0.3) is 6.71 Å². The summed E-state index contributed by atoms with van der Waals surface area (Å²) in [4.78, 5) is 2.49. The smallest absolute Gasteiger partial charge is 0.260 e. The van der Waals surface area contributed by atoms with Gasteiger partial charge in [0.05, 0.1) is 17.1 Å². The average Bonchev–Trinajstić information content (AvgIpc) is 3.15. The number of fused-ring (bicyclic) bond motifs is 6. The highest BCUT2D eigenvalue weighted by molar-refractivity contribution is 6.98. The van der Waals surface area contributed by atoms with Crippen molar-refractivity contribution in [3.8, 4) is 34.1 Å². The number of aryl methyl sites for hydroxylation is 1. The first-order valence-corrected chi connectivity index (χ1v) is 17.0. The molecule has 1 aliphatic carbocycles. The predicted octanol–water partition coefficient (Wildman–Crippen LogP) is 9.58. The van der Waals surface area contributed by atoms with Gasteiger partial charge in [-0.1, -0.05) is 115 Å². The van der Waals surface area contributed by atoms with Crippen molar-refractivity contribution in [2.75, 3.05) is 4.90 Å². The molecule has 3 nitrogen and oxygen atoms in total. The van der Waals surface area contributed by atoms with Crippen molar-refractivity contribution in [1.82, 2.24) is 0 Å².